The molecule has 3 nitrogen and oxygen atoms in total. The zero-order valence-corrected chi connectivity index (χ0v) is 13.6. The van der Waals surface area contributed by atoms with Gasteiger partial charge < -0.3 is 5.32 Å². The summed E-state index contributed by atoms with van der Waals surface area (Å²) in [5.41, 5.74) is 2.87. The fourth-order valence-corrected chi connectivity index (χ4v) is 2.70. The number of halogens is 3. The van der Waals surface area contributed by atoms with Crippen molar-refractivity contribution in [3.63, 3.8) is 0 Å². The summed E-state index contributed by atoms with van der Waals surface area (Å²) in [6, 6.07) is 5.24. The number of anilines is 1. The summed E-state index contributed by atoms with van der Waals surface area (Å²) in [6.07, 6.45) is 3.24. The van der Waals surface area contributed by atoms with Gasteiger partial charge in [-0.15, -0.1) is 0 Å². The molecule has 0 bridgehead atoms. The summed E-state index contributed by atoms with van der Waals surface area (Å²) in [6.45, 7) is 0. The van der Waals surface area contributed by atoms with E-state index in [2.05, 4.69) is 15.8 Å². The average Bonchev–Trinajstić information content (AvgIpc) is 2.45. The second kappa shape index (κ2) is 8.29. The Kier molecular flexibility index (Phi) is 6.38. The van der Waals surface area contributed by atoms with Crippen LogP contribution in [0.3, 0.4) is 0 Å². The zero-order chi connectivity index (χ0) is 16.7. The number of hydrogen-bond acceptors (Lipinski definition) is 2. The molecule has 1 aliphatic rings. The molecule has 1 saturated carbocycles. The number of benzene rings is 1. The summed E-state index contributed by atoms with van der Waals surface area (Å²) in [7, 11) is 0. The molecule has 1 aliphatic carbocycles. The van der Waals surface area contributed by atoms with Gasteiger partial charge in [0, 0.05) is 5.71 Å². The van der Waals surface area contributed by atoms with Crippen molar-refractivity contribution in [1.29, 1.82) is 0 Å². The lowest BCUT2D eigenvalue weighted by atomic mass is 9.99. The van der Waals surface area contributed by atoms with E-state index in [1.54, 1.807) is 0 Å². The van der Waals surface area contributed by atoms with E-state index in [1.165, 1.54) is 37.5 Å². The van der Waals surface area contributed by atoms with Crippen molar-refractivity contribution in [1.82, 2.24) is 5.43 Å². The predicted molar refractivity (Wildman–Crippen MR) is 90.6 cm³/mol. The van der Waals surface area contributed by atoms with Crippen LogP contribution in [0.4, 0.5) is 18.9 Å². The van der Waals surface area contributed by atoms with Crippen molar-refractivity contribution in [3.8, 4) is 0 Å². The van der Waals surface area contributed by atoms with E-state index in [1.807, 2.05) is 0 Å². The molecule has 1 fully saturated rings. The number of nitrogens with one attached hydrogen (secondary N) is 2. The second-order valence-electron chi connectivity index (χ2n) is 5.56. The molecule has 2 rings (SSSR count). The van der Waals surface area contributed by atoms with Gasteiger partial charge in [0.2, 0.25) is 0 Å². The Hall–Kier alpha value is -1.63. The third kappa shape index (κ3) is 5.82. The quantitative estimate of drug-likeness (QED) is 0.580. The van der Waals surface area contributed by atoms with Crippen LogP contribution < -0.4 is 10.7 Å². The molecule has 0 aromatic heterocycles. The van der Waals surface area contributed by atoms with Gasteiger partial charge in [0.15, 0.2) is 5.11 Å². The van der Waals surface area contributed by atoms with Crippen molar-refractivity contribution in [2.24, 2.45) is 5.10 Å². The maximum atomic E-state index is 12.9. The first kappa shape index (κ1) is 17.7. The van der Waals surface area contributed by atoms with Gasteiger partial charge in [-0.25, -0.2) is 0 Å². The highest BCUT2D eigenvalue weighted by atomic mass is 32.1. The second-order valence-corrected chi connectivity index (χ2v) is 5.96. The lowest BCUT2D eigenvalue weighted by Crippen LogP contribution is -2.26. The Morgan fingerprint density at radius 2 is 1.61 bits per heavy atom. The SMILES string of the molecule is FC(F)(F)c1ccccc1NC(=S)NN=C1CCCCCCC1. The molecule has 126 valence electrons. The van der Waals surface area contributed by atoms with Gasteiger partial charge >= 0.3 is 6.18 Å². The van der Waals surface area contributed by atoms with Crippen LogP contribution in [0.2, 0.25) is 0 Å². The third-order valence-corrected chi connectivity index (χ3v) is 3.92. The van der Waals surface area contributed by atoms with Gasteiger partial charge in [-0.1, -0.05) is 31.4 Å². The topological polar surface area (TPSA) is 36.4 Å². The van der Waals surface area contributed by atoms with Gasteiger partial charge in [0.05, 0.1) is 11.3 Å². The maximum absolute atomic E-state index is 12.9. The molecule has 1 aromatic rings. The van der Waals surface area contributed by atoms with E-state index >= 15 is 0 Å². The lowest BCUT2D eigenvalue weighted by Gasteiger charge is -2.15. The van der Waals surface area contributed by atoms with E-state index in [9.17, 15) is 13.2 Å². The van der Waals surface area contributed by atoms with E-state index in [-0.39, 0.29) is 10.8 Å². The number of nitrogens with zero attached hydrogens (tertiary/aromatic N) is 1. The zero-order valence-electron chi connectivity index (χ0n) is 12.7. The molecule has 0 amide bonds. The maximum Gasteiger partial charge on any atom is 0.418 e. The molecule has 0 aliphatic heterocycles. The largest absolute Gasteiger partial charge is 0.418 e. The molecule has 0 radical (unpaired) electrons. The fourth-order valence-electron chi connectivity index (χ4n) is 2.54. The van der Waals surface area contributed by atoms with Crippen LogP contribution in [0.25, 0.3) is 0 Å². The molecule has 0 atom stereocenters. The Morgan fingerprint density at radius 3 is 2.26 bits per heavy atom. The fraction of sp³-hybridized carbons (Fsp3) is 0.500. The van der Waals surface area contributed by atoms with Crippen LogP contribution in [-0.4, -0.2) is 10.8 Å². The summed E-state index contributed by atoms with van der Waals surface area (Å²) < 4.78 is 38.8. The average molecular weight is 343 g/mol. The highest BCUT2D eigenvalue weighted by Crippen LogP contribution is 2.34. The monoisotopic (exact) mass is 343 g/mol. The summed E-state index contributed by atoms with van der Waals surface area (Å²) in [5, 5.41) is 6.90. The van der Waals surface area contributed by atoms with Crippen LogP contribution in [0.1, 0.15) is 50.5 Å². The molecule has 0 saturated heterocycles. The molecule has 7 heteroatoms. The Balaban J connectivity index is 1.97. The predicted octanol–water partition coefficient (Wildman–Crippen LogP) is 5.09. The molecule has 0 unspecified atom stereocenters. The minimum Gasteiger partial charge on any atom is -0.331 e. The van der Waals surface area contributed by atoms with Gasteiger partial charge in [0.25, 0.3) is 0 Å². The Labute approximate surface area is 139 Å². The highest BCUT2D eigenvalue weighted by molar-refractivity contribution is 7.80. The first-order valence-electron chi connectivity index (χ1n) is 7.75. The number of hydrazone groups is 1. The number of rotatable bonds is 2. The Morgan fingerprint density at radius 1 is 1.00 bits per heavy atom. The van der Waals surface area contributed by atoms with E-state index in [0.717, 1.165) is 37.5 Å². The molecular formula is C16H20F3N3S. The molecular weight excluding hydrogens is 323 g/mol. The van der Waals surface area contributed by atoms with Gasteiger partial charge in [0.1, 0.15) is 0 Å². The van der Waals surface area contributed by atoms with E-state index in [0.29, 0.717) is 0 Å². The van der Waals surface area contributed by atoms with Gasteiger partial charge in [-0.3, -0.25) is 5.43 Å². The summed E-state index contributed by atoms with van der Waals surface area (Å²) >= 11 is 5.05. The van der Waals surface area contributed by atoms with Crippen molar-refractivity contribution in [2.45, 2.75) is 51.1 Å². The number of para-hydroxylation sites is 1. The van der Waals surface area contributed by atoms with E-state index in [4.69, 9.17) is 12.2 Å². The number of alkyl halides is 3. The molecule has 0 heterocycles. The first-order valence-corrected chi connectivity index (χ1v) is 8.16. The molecule has 1 aromatic carbocycles. The van der Waals surface area contributed by atoms with Crippen LogP contribution in [-0.2, 0) is 6.18 Å². The van der Waals surface area contributed by atoms with Crippen LogP contribution >= 0.6 is 12.2 Å². The molecule has 23 heavy (non-hydrogen) atoms. The summed E-state index contributed by atoms with van der Waals surface area (Å²) in [4.78, 5) is 0. The third-order valence-electron chi connectivity index (χ3n) is 3.73. The first-order chi connectivity index (χ1) is 11.0. The smallest absolute Gasteiger partial charge is 0.331 e. The van der Waals surface area contributed by atoms with Gasteiger partial charge in [-0.2, -0.15) is 18.3 Å². The number of thiocarbonyl (C=S) groups is 1. The van der Waals surface area contributed by atoms with Crippen molar-refractivity contribution >= 4 is 28.7 Å². The van der Waals surface area contributed by atoms with Gasteiger partial charge in [-0.05, 0) is 50.0 Å². The molecule has 2 N–H and O–H groups in total. The molecule has 0 spiro atoms. The van der Waals surface area contributed by atoms with Crippen molar-refractivity contribution < 1.29 is 13.2 Å². The van der Waals surface area contributed by atoms with Crippen molar-refractivity contribution in [3.05, 3.63) is 29.8 Å². The minimum atomic E-state index is -4.43. The summed E-state index contributed by atoms with van der Waals surface area (Å²) in [5.74, 6) is 0. The van der Waals surface area contributed by atoms with E-state index < -0.39 is 11.7 Å². The normalized spacial score (nSPS) is 16.2. The lowest BCUT2D eigenvalue weighted by molar-refractivity contribution is -0.136. The number of hydrogen-bond donors (Lipinski definition) is 2. The van der Waals surface area contributed by atoms with Crippen LogP contribution in [0.5, 0.6) is 0 Å². The highest BCUT2D eigenvalue weighted by Gasteiger charge is 2.33. The van der Waals surface area contributed by atoms with Crippen molar-refractivity contribution in [2.75, 3.05) is 5.32 Å². The minimum absolute atomic E-state index is 0.0660. The Bertz CT molecular complexity index is 560. The van der Waals surface area contributed by atoms with Crippen LogP contribution in [0, 0.1) is 0 Å². The standard InChI is InChI=1S/C16H20F3N3S/c17-16(18,19)13-10-6-7-11-14(13)20-15(23)22-21-12-8-4-2-1-3-5-9-12/h6-7,10-11H,1-5,8-9H2,(H2,20,22,23). The van der Waals surface area contributed by atoms with Crippen LogP contribution in [0.15, 0.2) is 29.4 Å².